The Bertz CT molecular complexity index is 1380. The summed E-state index contributed by atoms with van der Waals surface area (Å²) in [7, 11) is 3.12. The lowest BCUT2D eigenvalue weighted by atomic mass is 9.95. The van der Waals surface area contributed by atoms with E-state index in [1.54, 1.807) is 73.8 Å². The molecule has 1 unspecified atom stereocenters. The van der Waals surface area contributed by atoms with Crippen LogP contribution in [0.25, 0.3) is 5.76 Å². The molecular formula is C29H27NO8. The van der Waals surface area contributed by atoms with Gasteiger partial charge in [-0.2, -0.15) is 0 Å². The Morgan fingerprint density at radius 1 is 0.895 bits per heavy atom. The number of methoxy groups -OCH3 is 2. The van der Waals surface area contributed by atoms with E-state index in [1.807, 2.05) is 0 Å². The zero-order chi connectivity index (χ0) is 26.6. The molecule has 1 saturated heterocycles. The minimum atomic E-state index is -0.849. The smallest absolute Gasteiger partial charge is 0.295 e. The van der Waals surface area contributed by atoms with Crippen LogP contribution in [0.5, 0.6) is 28.7 Å². The maximum Gasteiger partial charge on any atom is 0.295 e. The number of Topliss-reactive ketones (excluding diaryl/α,β-unsaturated/α-hetero) is 1. The minimum absolute atomic E-state index is 0.0237. The van der Waals surface area contributed by atoms with E-state index in [0.717, 1.165) is 0 Å². The lowest BCUT2D eigenvalue weighted by Crippen LogP contribution is -2.33. The number of aliphatic hydroxyl groups excluding tert-OH is 1. The van der Waals surface area contributed by atoms with Crippen LogP contribution in [-0.4, -0.2) is 62.3 Å². The van der Waals surface area contributed by atoms with Crippen molar-refractivity contribution in [3.05, 3.63) is 83.4 Å². The second-order valence-corrected chi connectivity index (χ2v) is 8.65. The summed E-state index contributed by atoms with van der Waals surface area (Å²) in [6.07, 6.45) is 0. The van der Waals surface area contributed by atoms with Gasteiger partial charge in [-0.25, -0.2) is 0 Å². The quantitative estimate of drug-likeness (QED) is 0.272. The Hall–Kier alpha value is -4.66. The monoisotopic (exact) mass is 517 g/mol. The first kappa shape index (κ1) is 25.0. The van der Waals surface area contributed by atoms with Gasteiger partial charge in [0.25, 0.3) is 11.7 Å². The largest absolute Gasteiger partial charge is 0.507 e. The number of benzene rings is 3. The summed E-state index contributed by atoms with van der Waals surface area (Å²) >= 11 is 0. The van der Waals surface area contributed by atoms with Crippen molar-refractivity contribution in [1.82, 2.24) is 4.90 Å². The van der Waals surface area contributed by atoms with Crippen LogP contribution in [-0.2, 0) is 9.59 Å². The number of hydrogen-bond donors (Lipinski definition) is 1. The molecule has 38 heavy (non-hydrogen) atoms. The Labute approximate surface area is 219 Å². The third kappa shape index (κ3) is 4.82. The maximum absolute atomic E-state index is 13.3. The second kappa shape index (κ2) is 10.8. The Morgan fingerprint density at radius 2 is 1.61 bits per heavy atom. The van der Waals surface area contributed by atoms with Gasteiger partial charge in [-0.15, -0.1) is 0 Å². The second-order valence-electron chi connectivity index (χ2n) is 8.65. The lowest BCUT2D eigenvalue weighted by Gasteiger charge is -2.26. The number of fused-ring (bicyclic) bond motifs is 1. The van der Waals surface area contributed by atoms with Gasteiger partial charge in [0.15, 0.2) is 11.5 Å². The van der Waals surface area contributed by atoms with E-state index in [9.17, 15) is 14.7 Å². The summed E-state index contributed by atoms with van der Waals surface area (Å²) in [6.45, 7) is 1.04. The van der Waals surface area contributed by atoms with Crippen molar-refractivity contribution in [1.29, 1.82) is 0 Å². The summed E-state index contributed by atoms with van der Waals surface area (Å²) in [6, 6.07) is 18.2. The van der Waals surface area contributed by atoms with Gasteiger partial charge in [0.05, 0.1) is 32.4 Å². The summed E-state index contributed by atoms with van der Waals surface area (Å²) < 4.78 is 27.6. The molecule has 196 valence electrons. The van der Waals surface area contributed by atoms with Crippen molar-refractivity contribution in [2.24, 2.45) is 0 Å². The van der Waals surface area contributed by atoms with Crippen LogP contribution >= 0.6 is 0 Å². The standard InChI is InChI=1S/C29H27NO8/c1-34-20-7-9-21(10-8-20)36-13-12-30-26(18-4-3-5-22(16-18)35-2)25(28(32)29(30)33)27(31)19-6-11-23-24(17-19)38-15-14-37-23/h3-11,16-17,26,31H,12-15H2,1-2H3/b27-25-. The molecule has 2 aliphatic rings. The Morgan fingerprint density at radius 3 is 2.34 bits per heavy atom. The number of hydrogen-bond acceptors (Lipinski definition) is 8. The van der Waals surface area contributed by atoms with E-state index >= 15 is 0 Å². The first-order chi connectivity index (χ1) is 18.5. The highest BCUT2D eigenvalue weighted by molar-refractivity contribution is 6.46. The maximum atomic E-state index is 13.3. The van der Waals surface area contributed by atoms with Gasteiger partial charge < -0.3 is 33.7 Å². The molecule has 3 aromatic carbocycles. The molecule has 1 atom stereocenters. The van der Waals surface area contributed by atoms with Crippen LogP contribution in [0.3, 0.4) is 0 Å². The van der Waals surface area contributed by atoms with Gasteiger partial charge in [-0.05, 0) is 60.2 Å². The molecule has 2 aliphatic heterocycles. The fourth-order valence-corrected chi connectivity index (χ4v) is 4.55. The van der Waals surface area contributed by atoms with Crippen LogP contribution in [0.1, 0.15) is 17.2 Å². The number of nitrogens with zero attached hydrogens (tertiary/aromatic N) is 1. The van der Waals surface area contributed by atoms with Gasteiger partial charge in [-0.1, -0.05) is 12.1 Å². The number of aliphatic hydroxyl groups is 1. The van der Waals surface area contributed by atoms with Crippen molar-refractivity contribution in [3.8, 4) is 28.7 Å². The molecule has 9 heteroatoms. The number of carbonyl (C=O) groups is 2. The van der Waals surface area contributed by atoms with Gasteiger partial charge in [0, 0.05) is 5.56 Å². The molecule has 0 aromatic heterocycles. The highest BCUT2D eigenvalue weighted by atomic mass is 16.6. The number of rotatable bonds is 8. The van der Waals surface area contributed by atoms with Crippen LogP contribution in [0.15, 0.2) is 72.3 Å². The van der Waals surface area contributed by atoms with Crippen molar-refractivity contribution >= 4 is 17.4 Å². The Balaban J connectivity index is 1.49. The normalized spacial score (nSPS) is 17.8. The van der Waals surface area contributed by atoms with E-state index in [4.69, 9.17) is 23.7 Å². The molecular weight excluding hydrogens is 490 g/mol. The van der Waals surface area contributed by atoms with Gasteiger partial charge in [0.1, 0.15) is 42.8 Å². The average molecular weight is 518 g/mol. The van der Waals surface area contributed by atoms with Crippen molar-refractivity contribution in [2.45, 2.75) is 6.04 Å². The van der Waals surface area contributed by atoms with E-state index in [0.29, 0.717) is 53.1 Å². The number of ether oxygens (including phenoxy) is 5. The van der Waals surface area contributed by atoms with Gasteiger partial charge in [0.2, 0.25) is 0 Å². The molecule has 1 fully saturated rings. The van der Waals surface area contributed by atoms with Crippen molar-refractivity contribution < 1.29 is 38.4 Å². The molecule has 3 aromatic rings. The Kier molecular flexibility index (Phi) is 7.08. The van der Waals surface area contributed by atoms with E-state index < -0.39 is 17.7 Å². The molecule has 0 radical (unpaired) electrons. The molecule has 0 saturated carbocycles. The first-order valence-electron chi connectivity index (χ1n) is 12.1. The molecule has 1 amide bonds. The molecule has 0 bridgehead atoms. The first-order valence-corrected chi connectivity index (χ1v) is 12.1. The van der Waals surface area contributed by atoms with Gasteiger partial charge in [-0.3, -0.25) is 9.59 Å². The summed E-state index contributed by atoms with van der Waals surface area (Å²) in [5.41, 5.74) is 0.936. The van der Waals surface area contributed by atoms with E-state index in [1.165, 1.54) is 12.0 Å². The highest BCUT2D eigenvalue weighted by Gasteiger charge is 2.46. The molecule has 1 N–H and O–H groups in total. The summed E-state index contributed by atoms with van der Waals surface area (Å²) in [5.74, 6) is 1.05. The fraction of sp³-hybridized carbons (Fsp3) is 0.241. The van der Waals surface area contributed by atoms with E-state index in [-0.39, 0.29) is 24.5 Å². The molecule has 0 spiro atoms. The van der Waals surface area contributed by atoms with Crippen molar-refractivity contribution in [2.75, 3.05) is 40.6 Å². The molecule has 2 heterocycles. The molecule has 0 aliphatic carbocycles. The fourth-order valence-electron chi connectivity index (χ4n) is 4.55. The van der Waals surface area contributed by atoms with Crippen LogP contribution < -0.4 is 23.7 Å². The predicted molar refractivity (Wildman–Crippen MR) is 138 cm³/mol. The minimum Gasteiger partial charge on any atom is -0.507 e. The average Bonchev–Trinajstić information content (AvgIpc) is 3.22. The number of carbonyl (C=O) groups excluding carboxylic acids is 2. The summed E-state index contributed by atoms with van der Waals surface area (Å²) in [4.78, 5) is 27.9. The number of ketones is 1. The predicted octanol–water partition coefficient (Wildman–Crippen LogP) is 3.98. The van der Waals surface area contributed by atoms with Crippen LogP contribution in [0.4, 0.5) is 0 Å². The molecule has 5 rings (SSSR count). The number of amides is 1. The zero-order valence-corrected chi connectivity index (χ0v) is 21.0. The van der Waals surface area contributed by atoms with Crippen LogP contribution in [0, 0.1) is 0 Å². The summed E-state index contributed by atoms with van der Waals surface area (Å²) in [5, 5.41) is 11.3. The van der Waals surface area contributed by atoms with Gasteiger partial charge >= 0.3 is 0 Å². The third-order valence-electron chi connectivity index (χ3n) is 6.43. The number of likely N-dealkylation sites (tertiary alicyclic amines) is 1. The van der Waals surface area contributed by atoms with Crippen LogP contribution in [0.2, 0.25) is 0 Å². The van der Waals surface area contributed by atoms with Crippen molar-refractivity contribution in [3.63, 3.8) is 0 Å². The topological polar surface area (TPSA) is 104 Å². The zero-order valence-electron chi connectivity index (χ0n) is 21.0. The highest BCUT2D eigenvalue weighted by Crippen LogP contribution is 2.41. The third-order valence-corrected chi connectivity index (χ3v) is 6.43. The molecule has 9 nitrogen and oxygen atoms in total. The SMILES string of the molecule is COc1ccc(OCCN2C(=O)C(=O)/C(=C(\O)c3ccc4c(c3)OCCO4)C2c2cccc(OC)c2)cc1. The van der Waals surface area contributed by atoms with E-state index in [2.05, 4.69) is 0 Å². The lowest BCUT2D eigenvalue weighted by molar-refractivity contribution is -0.140.